The topological polar surface area (TPSA) is 73.3 Å². The van der Waals surface area contributed by atoms with Crippen molar-refractivity contribution in [2.24, 2.45) is 0 Å². The molecule has 8 rings (SSSR count). The Labute approximate surface area is 248 Å². The van der Waals surface area contributed by atoms with Gasteiger partial charge in [-0.3, -0.25) is 0 Å². The van der Waals surface area contributed by atoms with E-state index in [9.17, 15) is 0 Å². The largest absolute Gasteiger partial charge is 0.214 e. The fraction of sp³-hybridized carbons (Fsp3) is 0.235. The molecule has 6 aromatic rings. The highest BCUT2D eigenvalue weighted by molar-refractivity contribution is 7.15. The summed E-state index contributed by atoms with van der Waals surface area (Å²) in [5.41, 5.74) is 5.36. The minimum absolute atomic E-state index is 0.132. The predicted octanol–water partition coefficient (Wildman–Crippen LogP) is 7.03. The Morgan fingerprint density at radius 1 is 0.786 bits per heavy atom. The van der Waals surface area contributed by atoms with Crippen molar-refractivity contribution in [2.45, 2.75) is 50.5 Å². The van der Waals surface area contributed by atoms with E-state index in [0.717, 1.165) is 29.0 Å². The second-order valence-electron chi connectivity index (χ2n) is 11.2. The number of thiophene rings is 1. The number of nitrogens with zero attached hydrogens (tertiary/aromatic N) is 7. The summed E-state index contributed by atoms with van der Waals surface area (Å²) >= 11 is 1.85. The summed E-state index contributed by atoms with van der Waals surface area (Å²) in [5, 5.41) is 10.2. The molecule has 2 atom stereocenters. The quantitative estimate of drug-likeness (QED) is 0.202. The third-order valence-electron chi connectivity index (χ3n) is 9.44. The molecular formula is C34H30N7S+. The van der Waals surface area contributed by atoms with Gasteiger partial charge in [0.1, 0.15) is 5.00 Å². The Hall–Kier alpha value is -4.56. The summed E-state index contributed by atoms with van der Waals surface area (Å²) in [5.74, 6) is 1.73. The van der Waals surface area contributed by atoms with Crippen LogP contribution in [0.25, 0.3) is 50.6 Å². The van der Waals surface area contributed by atoms with Crippen LogP contribution in [0.1, 0.15) is 44.4 Å². The number of hydrogen-bond acceptors (Lipinski definition) is 6. The van der Waals surface area contributed by atoms with E-state index in [-0.39, 0.29) is 11.0 Å². The highest BCUT2D eigenvalue weighted by Gasteiger charge is 2.68. The Bertz CT molecular complexity index is 1860. The van der Waals surface area contributed by atoms with Gasteiger partial charge >= 0.3 is 0 Å². The van der Waals surface area contributed by atoms with Gasteiger partial charge in [-0.05, 0) is 25.0 Å². The van der Waals surface area contributed by atoms with E-state index in [2.05, 4.69) is 59.2 Å². The minimum atomic E-state index is 0.132. The number of fused-ring (bicyclic) bond motifs is 6. The molecule has 42 heavy (non-hydrogen) atoms. The number of hydrogen-bond donors (Lipinski definition) is 0. The molecule has 8 heteroatoms. The first kappa shape index (κ1) is 25.2. The molecule has 0 bridgehead atoms. The van der Waals surface area contributed by atoms with Crippen LogP contribution in [-0.2, 0) is 11.0 Å². The third kappa shape index (κ3) is 3.51. The SMILES string of the molecule is CCC12CCC1(CC)[n+]1ccccc1-c1cc(-n3cc(-c4nc(-c5ccccc5)nc(-c5ccccc5)n4)nn3)sc12. The molecule has 1 fully saturated rings. The summed E-state index contributed by atoms with van der Waals surface area (Å²) < 4.78 is 4.45. The zero-order chi connectivity index (χ0) is 28.3. The van der Waals surface area contributed by atoms with Crippen molar-refractivity contribution in [1.82, 2.24) is 29.9 Å². The van der Waals surface area contributed by atoms with Crippen molar-refractivity contribution in [3.05, 3.63) is 102 Å². The van der Waals surface area contributed by atoms with Crippen LogP contribution in [0.3, 0.4) is 0 Å². The molecule has 1 saturated carbocycles. The number of rotatable bonds is 6. The lowest BCUT2D eigenvalue weighted by Gasteiger charge is -2.56. The van der Waals surface area contributed by atoms with Crippen molar-refractivity contribution >= 4 is 11.3 Å². The van der Waals surface area contributed by atoms with E-state index < -0.39 is 0 Å². The van der Waals surface area contributed by atoms with Gasteiger partial charge in [-0.2, -0.15) is 4.57 Å². The Kier molecular flexibility index (Phi) is 5.69. The first-order valence-corrected chi connectivity index (χ1v) is 15.4. The van der Waals surface area contributed by atoms with Crippen molar-refractivity contribution in [3.63, 3.8) is 0 Å². The monoisotopic (exact) mass is 568 g/mol. The second-order valence-corrected chi connectivity index (χ2v) is 12.2. The fourth-order valence-corrected chi connectivity index (χ4v) is 8.69. The lowest BCUT2D eigenvalue weighted by atomic mass is 9.49. The van der Waals surface area contributed by atoms with Crippen LogP contribution < -0.4 is 4.57 Å². The molecule has 4 aromatic heterocycles. The third-order valence-corrected chi connectivity index (χ3v) is 10.8. The first-order chi connectivity index (χ1) is 20.7. The van der Waals surface area contributed by atoms with Gasteiger partial charge in [0, 0.05) is 41.0 Å². The van der Waals surface area contributed by atoms with Crippen LogP contribution in [0, 0.1) is 0 Å². The Morgan fingerprint density at radius 2 is 1.45 bits per heavy atom. The lowest BCUT2D eigenvalue weighted by Crippen LogP contribution is -2.75. The maximum Gasteiger partial charge on any atom is 0.214 e. The van der Waals surface area contributed by atoms with Gasteiger partial charge in [-0.1, -0.05) is 79.7 Å². The lowest BCUT2D eigenvalue weighted by molar-refractivity contribution is -0.783. The second kappa shape index (κ2) is 9.49. The molecule has 2 aliphatic rings. The predicted molar refractivity (Wildman–Crippen MR) is 164 cm³/mol. The Morgan fingerprint density at radius 3 is 2.07 bits per heavy atom. The van der Waals surface area contributed by atoms with E-state index in [1.165, 1.54) is 29.0 Å². The molecular weight excluding hydrogens is 538 g/mol. The highest BCUT2D eigenvalue weighted by Crippen LogP contribution is 2.63. The van der Waals surface area contributed by atoms with Gasteiger partial charge in [0.05, 0.1) is 17.2 Å². The van der Waals surface area contributed by atoms with Crippen molar-refractivity contribution in [1.29, 1.82) is 0 Å². The van der Waals surface area contributed by atoms with Crippen LogP contribution >= 0.6 is 11.3 Å². The number of pyridine rings is 1. The van der Waals surface area contributed by atoms with E-state index in [0.29, 0.717) is 23.2 Å². The molecule has 0 saturated heterocycles. The molecule has 1 aliphatic heterocycles. The fourth-order valence-electron chi connectivity index (χ4n) is 7.21. The van der Waals surface area contributed by atoms with Crippen LogP contribution in [0.4, 0.5) is 0 Å². The van der Waals surface area contributed by atoms with Crippen molar-refractivity contribution in [2.75, 3.05) is 0 Å². The zero-order valence-corrected chi connectivity index (χ0v) is 24.4. The summed E-state index contributed by atoms with van der Waals surface area (Å²) in [4.78, 5) is 16.0. The maximum atomic E-state index is 4.84. The van der Waals surface area contributed by atoms with Gasteiger partial charge in [0.2, 0.25) is 5.69 Å². The van der Waals surface area contributed by atoms with Crippen LogP contribution in [-0.4, -0.2) is 29.9 Å². The van der Waals surface area contributed by atoms with E-state index >= 15 is 0 Å². The molecule has 0 N–H and O–H groups in total. The average Bonchev–Trinajstić information content (AvgIpc) is 3.71. The summed E-state index contributed by atoms with van der Waals surface area (Å²) in [6.45, 7) is 4.70. The van der Waals surface area contributed by atoms with Crippen LogP contribution in [0.5, 0.6) is 0 Å². The van der Waals surface area contributed by atoms with Crippen LogP contribution in [0.2, 0.25) is 0 Å². The standard InChI is InChI=1S/C34H30N7S/c1-3-33-18-19-34(33,4-2)40-20-12-11-17-27(40)25-21-28(42-29(25)33)41-22-26(38-39-41)32-36-30(23-13-7-5-8-14-23)35-31(37-32)24-15-9-6-10-16-24/h5-17,20-22H,3-4,18-19H2,1-2H3/q+1. The molecule has 206 valence electrons. The molecule has 1 aliphatic carbocycles. The van der Waals surface area contributed by atoms with Crippen molar-refractivity contribution in [3.8, 4) is 50.6 Å². The van der Waals surface area contributed by atoms with Gasteiger partial charge < -0.3 is 0 Å². The zero-order valence-electron chi connectivity index (χ0n) is 23.6. The summed E-state index contributed by atoms with van der Waals surface area (Å²) in [6, 6.07) is 28.9. The summed E-state index contributed by atoms with van der Waals surface area (Å²) in [6.07, 6.45) is 8.89. The molecule has 2 aromatic carbocycles. The van der Waals surface area contributed by atoms with Crippen LogP contribution in [0.15, 0.2) is 97.3 Å². The van der Waals surface area contributed by atoms with E-state index in [1.807, 2.05) is 82.9 Å². The molecule has 0 radical (unpaired) electrons. The highest BCUT2D eigenvalue weighted by atomic mass is 32.1. The van der Waals surface area contributed by atoms with Gasteiger partial charge in [-0.15, -0.1) is 16.4 Å². The molecule has 5 heterocycles. The molecule has 0 spiro atoms. The number of benzene rings is 2. The first-order valence-electron chi connectivity index (χ1n) is 14.6. The van der Waals surface area contributed by atoms with E-state index in [4.69, 9.17) is 15.0 Å². The maximum absolute atomic E-state index is 4.84. The van der Waals surface area contributed by atoms with Gasteiger partial charge in [0.25, 0.3) is 0 Å². The number of aromatic nitrogens is 7. The summed E-state index contributed by atoms with van der Waals surface area (Å²) in [7, 11) is 0. The van der Waals surface area contributed by atoms with Gasteiger partial charge in [0.15, 0.2) is 34.9 Å². The normalized spacial score (nSPS) is 20.3. The Balaban J connectivity index is 1.24. The van der Waals surface area contributed by atoms with E-state index in [1.54, 1.807) is 0 Å². The molecule has 7 nitrogen and oxygen atoms in total. The van der Waals surface area contributed by atoms with Crippen molar-refractivity contribution < 1.29 is 4.57 Å². The molecule has 0 amide bonds. The van der Waals surface area contributed by atoms with Gasteiger partial charge in [-0.25, -0.2) is 19.6 Å². The average molecular weight is 569 g/mol. The minimum Gasteiger partial charge on any atom is -0.210 e. The molecule has 2 unspecified atom stereocenters. The smallest absolute Gasteiger partial charge is 0.210 e.